The van der Waals surface area contributed by atoms with Gasteiger partial charge in [0.15, 0.2) is 22.9 Å². The van der Waals surface area contributed by atoms with E-state index in [0.717, 1.165) is 18.4 Å². The van der Waals surface area contributed by atoms with Gasteiger partial charge in [-0.05, 0) is 31.1 Å². The number of allylic oxidation sites excluding steroid dienone is 1. The molecule has 0 aromatic carbocycles. The van der Waals surface area contributed by atoms with Crippen molar-refractivity contribution in [3.05, 3.63) is 35.2 Å². The number of carboxylic acids is 1. The second kappa shape index (κ2) is 4.98. The number of pyridine rings is 1. The summed E-state index contributed by atoms with van der Waals surface area (Å²) >= 11 is 0. The fourth-order valence-electron chi connectivity index (χ4n) is 2.43. The first-order valence-electron chi connectivity index (χ1n) is 7.20. The monoisotopic (exact) mass is 311 g/mol. The molecule has 1 aliphatic carbocycles. The van der Waals surface area contributed by atoms with Crippen LogP contribution in [0.3, 0.4) is 0 Å². The molecular weight excluding hydrogens is 298 g/mol. The summed E-state index contributed by atoms with van der Waals surface area (Å²) < 4.78 is 5.53. The van der Waals surface area contributed by atoms with E-state index in [2.05, 4.69) is 15.3 Å². The molecule has 3 N–H and O–H groups in total. The van der Waals surface area contributed by atoms with Crippen molar-refractivity contribution in [2.45, 2.75) is 18.9 Å². The minimum Gasteiger partial charge on any atom is -0.504 e. The largest absolute Gasteiger partial charge is 0.504 e. The molecule has 1 aliphatic heterocycles. The van der Waals surface area contributed by atoms with Crippen molar-refractivity contribution in [2.24, 2.45) is 4.99 Å². The van der Waals surface area contributed by atoms with Crippen LogP contribution in [0.25, 0.3) is 11.6 Å². The molecule has 0 bridgehead atoms. The zero-order valence-corrected chi connectivity index (χ0v) is 12.0. The summed E-state index contributed by atoms with van der Waals surface area (Å²) in [6, 6.07) is 3.84. The van der Waals surface area contributed by atoms with Crippen molar-refractivity contribution >= 4 is 35.5 Å². The number of nitrogens with zero attached hydrogens (tertiary/aromatic N) is 2. The quantitative estimate of drug-likeness (QED) is 0.801. The summed E-state index contributed by atoms with van der Waals surface area (Å²) in [7, 11) is 0. The normalized spacial score (nSPS) is 17.5. The smallest absolute Gasteiger partial charge is 0.345 e. The van der Waals surface area contributed by atoms with Crippen LogP contribution in [0.15, 0.2) is 27.7 Å². The number of aromatic nitrogens is 1. The highest BCUT2D eigenvalue weighted by atomic mass is 16.4. The van der Waals surface area contributed by atoms with Crippen molar-refractivity contribution in [2.75, 3.05) is 5.32 Å². The molecule has 2 aliphatic rings. The molecule has 0 amide bonds. The molecule has 116 valence electrons. The van der Waals surface area contributed by atoms with Gasteiger partial charge >= 0.3 is 5.97 Å². The van der Waals surface area contributed by atoms with Gasteiger partial charge in [0.05, 0.1) is 0 Å². The number of carbonyl (C=O) groups is 1. The zero-order valence-electron chi connectivity index (χ0n) is 12.0. The highest BCUT2D eigenvalue weighted by molar-refractivity contribution is 6.21. The molecule has 0 unspecified atom stereocenters. The third-order valence-electron chi connectivity index (χ3n) is 3.75. The molecule has 0 saturated heterocycles. The molecule has 2 aromatic rings. The Morgan fingerprint density at radius 2 is 2.26 bits per heavy atom. The van der Waals surface area contributed by atoms with Crippen LogP contribution < -0.4 is 5.32 Å². The Balaban J connectivity index is 1.76. The lowest BCUT2D eigenvalue weighted by molar-refractivity contribution is 0.0694. The molecule has 23 heavy (non-hydrogen) atoms. The Hall–Kier alpha value is -3.09. The minimum absolute atomic E-state index is 0.0868. The number of fused-ring (bicyclic) bond motifs is 1. The van der Waals surface area contributed by atoms with E-state index in [9.17, 15) is 15.0 Å². The van der Waals surface area contributed by atoms with Gasteiger partial charge in [0, 0.05) is 29.6 Å². The topological polar surface area (TPSA) is 108 Å². The fourth-order valence-corrected chi connectivity index (χ4v) is 2.43. The number of aliphatic imine (C=N–C) groups is 1. The number of rotatable bonds is 4. The van der Waals surface area contributed by atoms with Crippen LogP contribution in [-0.4, -0.2) is 33.4 Å². The molecular formula is C16H13N3O4. The summed E-state index contributed by atoms with van der Waals surface area (Å²) in [4.78, 5) is 19.7. The molecule has 4 rings (SSSR count). The van der Waals surface area contributed by atoms with E-state index < -0.39 is 5.97 Å². The molecule has 0 spiro atoms. The van der Waals surface area contributed by atoms with Gasteiger partial charge in [-0.2, -0.15) is 0 Å². The summed E-state index contributed by atoms with van der Waals surface area (Å²) in [5.41, 5.74) is 1.26. The predicted molar refractivity (Wildman–Crippen MR) is 84.2 cm³/mol. The molecule has 1 saturated carbocycles. The first kappa shape index (κ1) is 13.6. The van der Waals surface area contributed by atoms with Crippen LogP contribution in [0.1, 0.15) is 34.5 Å². The summed E-state index contributed by atoms with van der Waals surface area (Å²) in [6.07, 6.45) is 6.74. The van der Waals surface area contributed by atoms with E-state index in [1.807, 2.05) is 6.07 Å². The third kappa shape index (κ3) is 2.36. The van der Waals surface area contributed by atoms with Crippen LogP contribution in [-0.2, 0) is 0 Å². The highest BCUT2D eigenvalue weighted by Gasteiger charge is 2.30. The molecule has 7 heteroatoms. The van der Waals surface area contributed by atoms with E-state index in [-0.39, 0.29) is 29.0 Å². The van der Waals surface area contributed by atoms with Crippen molar-refractivity contribution in [1.82, 2.24) is 4.98 Å². The SMILES string of the molecule is O=C(O)c1c(NC2CC2)oc(C=C2C=Nc3ncccc32)c1O. The lowest BCUT2D eigenvalue weighted by Crippen LogP contribution is -2.05. The van der Waals surface area contributed by atoms with Gasteiger partial charge in [-0.3, -0.25) is 0 Å². The van der Waals surface area contributed by atoms with Crippen molar-refractivity contribution in [3.8, 4) is 5.75 Å². The van der Waals surface area contributed by atoms with Crippen LogP contribution in [0, 0.1) is 0 Å². The van der Waals surface area contributed by atoms with Crippen LogP contribution >= 0.6 is 0 Å². The number of nitrogens with one attached hydrogen (secondary N) is 1. The number of hydrogen-bond acceptors (Lipinski definition) is 6. The molecule has 7 nitrogen and oxygen atoms in total. The number of hydrogen-bond donors (Lipinski definition) is 3. The molecule has 0 radical (unpaired) electrons. The molecule has 1 fully saturated rings. The Bertz CT molecular complexity index is 862. The average Bonchev–Trinajstić information content (AvgIpc) is 3.16. The zero-order chi connectivity index (χ0) is 16.0. The van der Waals surface area contributed by atoms with Crippen molar-refractivity contribution in [3.63, 3.8) is 0 Å². The Kier molecular flexibility index (Phi) is 2.94. The number of carboxylic acid groups (broad SMARTS) is 1. The second-order valence-corrected chi connectivity index (χ2v) is 5.48. The van der Waals surface area contributed by atoms with Gasteiger partial charge < -0.3 is 19.9 Å². The lowest BCUT2D eigenvalue weighted by Gasteiger charge is -2.00. The van der Waals surface area contributed by atoms with Gasteiger partial charge in [0.1, 0.15) is 0 Å². The molecule has 0 atom stereocenters. The second-order valence-electron chi connectivity index (χ2n) is 5.48. The van der Waals surface area contributed by atoms with Gasteiger partial charge in [0.2, 0.25) is 5.88 Å². The minimum atomic E-state index is -1.23. The Morgan fingerprint density at radius 1 is 1.43 bits per heavy atom. The maximum atomic E-state index is 11.4. The number of furan rings is 1. The first-order valence-corrected chi connectivity index (χ1v) is 7.20. The van der Waals surface area contributed by atoms with E-state index in [0.29, 0.717) is 11.4 Å². The van der Waals surface area contributed by atoms with E-state index in [1.54, 1.807) is 24.6 Å². The summed E-state index contributed by atoms with van der Waals surface area (Å²) in [6.45, 7) is 0. The Labute approximate surface area is 131 Å². The maximum absolute atomic E-state index is 11.4. The fraction of sp³-hybridized carbons (Fsp3) is 0.188. The van der Waals surface area contributed by atoms with E-state index in [4.69, 9.17) is 4.42 Å². The van der Waals surface area contributed by atoms with Gasteiger partial charge in [-0.25, -0.2) is 14.8 Å². The van der Waals surface area contributed by atoms with Gasteiger partial charge in [-0.1, -0.05) is 0 Å². The standard InChI is InChI=1S/C16H13N3O4/c20-13-11(6-8-7-18-14-10(8)2-1-5-17-14)23-15(12(13)16(21)22)19-9-3-4-9/h1-2,5-7,9,19-20H,3-4H2,(H,21,22). The molecule has 2 aromatic heterocycles. The van der Waals surface area contributed by atoms with Gasteiger partial charge in [0.25, 0.3) is 0 Å². The van der Waals surface area contributed by atoms with Crippen molar-refractivity contribution < 1.29 is 19.4 Å². The lowest BCUT2D eigenvalue weighted by atomic mass is 10.1. The maximum Gasteiger partial charge on any atom is 0.345 e. The number of aromatic hydroxyl groups is 1. The average molecular weight is 311 g/mol. The van der Waals surface area contributed by atoms with Crippen LogP contribution in [0.2, 0.25) is 0 Å². The first-order chi connectivity index (χ1) is 11.1. The summed E-state index contributed by atoms with van der Waals surface area (Å²) in [5.74, 6) is -0.867. The number of anilines is 1. The summed E-state index contributed by atoms with van der Waals surface area (Å²) in [5, 5.41) is 22.5. The Morgan fingerprint density at radius 3 is 3.00 bits per heavy atom. The number of aromatic carboxylic acids is 1. The van der Waals surface area contributed by atoms with Crippen LogP contribution in [0.5, 0.6) is 5.75 Å². The predicted octanol–water partition coefficient (Wildman–Crippen LogP) is 2.91. The van der Waals surface area contributed by atoms with E-state index >= 15 is 0 Å². The van der Waals surface area contributed by atoms with Crippen molar-refractivity contribution in [1.29, 1.82) is 0 Å². The van der Waals surface area contributed by atoms with E-state index in [1.165, 1.54) is 0 Å². The molecule has 3 heterocycles. The third-order valence-corrected chi connectivity index (χ3v) is 3.75. The highest BCUT2D eigenvalue weighted by Crippen LogP contribution is 2.39. The van der Waals surface area contributed by atoms with Crippen LogP contribution in [0.4, 0.5) is 11.7 Å². The van der Waals surface area contributed by atoms with Gasteiger partial charge in [-0.15, -0.1) is 0 Å².